The average molecular weight is 263 g/mol. The van der Waals surface area contributed by atoms with Gasteiger partial charge in [0.25, 0.3) is 0 Å². The van der Waals surface area contributed by atoms with Crippen LogP contribution in [0, 0.1) is 0 Å². The number of rotatable bonds is 2. The molecule has 0 spiro atoms. The Balaban J connectivity index is 2.36. The van der Waals surface area contributed by atoms with Crippen LogP contribution in [0.15, 0.2) is 23.2 Å². The van der Waals surface area contributed by atoms with Crippen molar-refractivity contribution in [2.75, 3.05) is 13.1 Å². The van der Waals surface area contributed by atoms with E-state index in [2.05, 4.69) is 4.98 Å². The van der Waals surface area contributed by atoms with Crippen LogP contribution in [0.4, 0.5) is 0 Å². The smallest absolute Gasteiger partial charge is 0.246 e. The number of hydrogen-bond donors (Lipinski definition) is 1. The van der Waals surface area contributed by atoms with Gasteiger partial charge in [-0.3, -0.25) is 0 Å². The lowest BCUT2D eigenvalue weighted by Gasteiger charge is -2.15. The first-order chi connectivity index (χ1) is 7.51. The minimum absolute atomic E-state index is 0.00855. The predicted octanol–water partition coefficient (Wildman–Crippen LogP) is 0.490. The summed E-state index contributed by atoms with van der Waals surface area (Å²) in [7, 11) is -3.62. The number of hydrogen-bond acceptors (Lipinski definition) is 4. The van der Waals surface area contributed by atoms with Gasteiger partial charge < -0.3 is 5.11 Å². The van der Waals surface area contributed by atoms with Gasteiger partial charge in [-0.1, -0.05) is 11.6 Å². The maximum atomic E-state index is 12.1. The maximum Gasteiger partial charge on any atom is 0.246 e. The Morgan fingerprint density at radius 2 is 2.31 bits per heavy atom. The number of halogens is 1. The van der Waals surface area contributed by atoms with E-state index in [1.807, 2.05) is 0 Å². The van der Waals surface area contributed by atoms with Crippen LogP contribution in [0.5, 0.6) is 0 Å². The van der Waals surface area contributed by atoms with Crippen molar-refractivity contribution in [1.82, 2.24) is 9.29 Å². The van der Waals surface area contributed by atoms with E-state index in [9.17, 15) is 13.5 Å². The Morgan fingerprint density at radius 1 is 1.56 bits per heavy atom. The third-order valence-corrected chi connectivity index (χ3v) is 4.78. The van der Waals surface area contributed by atoms with Crippen LogP contribution >= 0.6 is 11.6 Å². The molecular formula is C9H11ClN2O3S. The fourth-order valence-electron chi connectivity index (χ4n) is 1.63. The van der Waals surface area contributed by atoms with Gasteiger partial charge in [-0.2, -0.15) is 4.31 Å². The van der Waals surface area contributed by atoms with Gasteiger partial charge in [0.05, 0.1) is 6.10 Å². The second kappa shape index (κ2) is 4.29. The van der Waals surface area contributed by atoms with Gasteiger partial charge in [-0.05, 0) is 18.6 Å². The van der Waals surface area contributed by atoms with E-state index in [1.165, 1.54) is 22.6 Å². The minimum atomic E-state index is -3.62. The van der Waals surface area contributed by atoms with Gasteiger partial charge in [0.15, 0.2) is 0 Å². The predicted molar refractivity (Wildman–Crippen MR) is 58.6 cm³/mol. The highest BCUT2D eigenvalue weighted by Gasteiger charge is 2.33. The molecule has 1 N–H and O–H groups in total. The molecule has 1 saturated heterocycles. The Labute approximate surface area is 98.7 Å². The highest BCUT2D eigenvalue weighted by molar-refractivity contribution is 7.89. The maximum absolute atomic E-state index is 12.1. The van der Waals surface area contributed by atoms with E-state index in [-0.39, 0.29) is 16.6 Å². The molecule has 1 aromatic heterocycles. The summed E-state index contributed by atoms with van der Waals surface area (Å²) in [6, 6.07) is 2.93. The molecule has 0 aliphatic carbocycles. The lowest BCUT2D eigenvalue weighted by Crippen LogP contribution is -2.30. The van der Waals surface area contributed by atoms with Crippen molar-refractivity contribution < 1.29 is 13.5 Å². The van der Waals surface area contributed by atoms with Crippen molar-refractivity contribution in [3.63, 3.8) is 0 Å². The van der Waals surface area contributed by atoms with Crippen molar-refractivity contribution in [2.24, 2.45) is 0 Å². The molecule has 1 aromatic rings. The third-order valence-electron chi connectivity index (χ3n) is 2.47. The molecule has 1 atom stereocenters. The summed E-state index contributed by atoms with van der Waals surface area (Å²) in [6.45, 7) is 0.433. The number of nitrogens with zero attached hydrogens (tertiary/aromatic N) is 2. The molecule has 2 rings (SSSR count). The lowest BCUT2D eigenvalue weighted by atomic mass is 10.3. The summed E-state index contributed by atoms with van der Waals surface area (Å²) in [4.78, 5) is 3.72. The van der Waals surface area contributed by atoms with Crippen LogP contribution in [-0.2, 0) is 10.0 Å². The molecule has 0 radical (unpaired) electrons. The molecule has 0 bridgehead atoms. The number of sulfonamides is 1. The molecule has 1 aliphatic rings. The van der Waals surface area contributed by atoms with Gasteiger partial charge in [0, 0.05) is 19.3 Å². The first-order valence-electron chi connectivity index (χ1n) is 4.80. The molecule has 0 amide bonds. The number of pyridine rings is 1. The van der Waals surface area contributed by atoms with Crippen LogP contribution in [0.2, 0.25) is 5.15 Å². The van der Waals surface area contributed by atoms with Crippen LogP contribution in [0.3, 0.4) is 0 Å². The van der Waals surface area contributed by atoms with E-state index in [0.717, 1.165) is 0 Å². The summed E-state index contributed by atoms with van der Waals surface area (Å²) in [5.74, 6) is 0. The summed E-state index contributed by atoms with van der Waals surface area (Å²) in [5.41, 5.74) is 0. The summed E-state index contributed by atoms with van der Waals surface area (Å²) < 4.78 is 25.4. The van der Waals surface area contributed by atoms with E-state index >= 15 is 0 Å². The summed E-state index contributed by atoms with van der Waals surface area (Å²) in [5, 5.41) is 9.29. The zero-order valence-electron chi connectivity index (χ0n) is 8.38. The van der Waals surface area contributed by atoms with Crippen LogP contribution in [0.25, 0.3) is 0 Å². The fourth-order valence-corrected chi connectivity index (χ4v) is 3.55. The molecule has 2 heterocycles. The minimum Gasteiger partial charge on any atom is -0.392 e. The van der Waals surface area contributed by atoms with E-state index in [4.69, 9.17) is 11.6 Å². The Kier molecular flexibility index (Phi) is 3.16. The quantitative estimate of drug-likeness (QED) is 0.788. The van der Waals surface area contributed by atoms with Crippen LogP contribution < -0.4 is 0 Å². The third kappa shape index (κ3) is 2.06. The van der Waals surface area contributed by atoms with Crippen molar-refractivity contribution in [2.45, 2.75) is 17.4 Å². The molecule has 1 fully saturated rings. The van der Waals surface area contributed by atoms with E-state index in [0.29, 0.717) is 13.0 Å². The van der Waals surface area contributed by atoms with Crippen molar-refractivity contribution >= 4 is 21.6 Å². The number of aromatic nitrogens is 1. The SMILES string of the molecule is O=S(=O)(c1cccnc1Cl)N1CC[C@H](O)C1. The summed E-state index contributed by atoms with van der Waals surface area (Å²) in [6.07, 6.45) is 1.29. The van der Waals surface area contributed by atoms with Gasteiger partial charge >= 0.3 is 0 Å². The molecule has 0 saturated carbocycles. The normalized spacial score (nSPS) is 22.5. The highest BCUT2D eigenvalue weighted by atomic mass is 35.5. The van der Waals surface area contributed by atoms with Crippen LogP contribution in [0.1, 0.15) is 6.42 Å². The molecule has 7 heteroatoms. The monoisotopic (exact) mass is 262 g/mol. The Bertz CT molecular complexity index is 491. The van der Waals surface area contributed by atoms with Gasteiger partial charge in [0.2, 0.25) is 10.0 Å². The second-order valence-electron chi connectivity index (χ2n) is 3.60. The average Bonchev–Trinajstić information content (AvgIpc) is 2.66. The molecule has 16 heavy (non-hydrogen) atoms. The zero-order chi connectivity index (χ0) is 11.8. The number of β-amino-alcohol motifs (C(OH)–C–C–N with tert-alkyl or cyclic N) is 1. The Hall–Kier alpha value is -0.690. The van der Waals surface area contributed by atoms with Crippen molar-refractivity contribution in [3.05, 3.63) is 23.5 Å². The first kappa shape index (κ1) is 11.8. The molecule has 88 valence electrons. The molecule has 1 aliphatic heterocycles. The lowest BCUT2D eigenvalue weighted by molar-refractivity contribution is 0.189. The summed E-state index contributed by atoms with van der Waals surface area (Å²) >= 11 is 5.74. The van der Waals surface area contributed by atoms with E-state index in [1.54, 1.807) is 0 Å². The second-order valence-corrected chi connectivity index (χ2v) is 5.86. The van der Waals surface area contributed by atoms with Gasteiger partial charge in [0.1, 0.15) is 10.0 Å². The molecule has 5 nitrogen and oxygen atoms in total. The van der Waals surface area contributed by atoms with E-state index < -0.39 is 16.1 Å². The van der Waals surface area contributed by atoms with Gasteiger partial charge in [-0.15, -0.1) is 0 Å². The molecule has 0 unspecified atom stereocenters. The zero-order valence-corrected chi connectivity index (χ0v) is 9.95. The number of aliphatic hydroxyl groups is 1. The van der Waals surface area contributed by atoms with Crippen LogP contribution in [-0.4, -0.2) is 42.0 Å². The molecule has 0 aromatic carbocycles. The Morgan fingerprint density at radius 3 is 2.88 bits per heavy atom. The fraction of sp³-hybridized carbons (Fsp3) is 0.444. The van der Waals surface area contributed by atoms with Crippen molar-refractivity contribution in [1.29, 1.82) is 0 Å². The first-order valence-corrected chi connectivity index (χ1v) is 6.62. The standard InChI is InChI=1S/C9H11ClN2O3S/c10-9-8(2-1-4-11-9)16(14,15)12-5-3-7(13)6-12/h1-2,4,7,13H,3,5-6H2/t7-/m0/s1. The topological polar surface area (TPSA) is 70.5 Å². The number of aliphatic hydroxyl groups excluding tert-OH is 1. The molecular weight excluding hydrogens is 252 g/mol. The van der Waals surface area contributed by atoms with Gasteiger partial charge in [-0.25, -0.2) is 13.4 Å². The largest absolute Gasteiger partial charge is 0.392 e. The van der Waals surface area contributed by atoms with Crippen molar-refractivity contribution in [3.8, 4) is 0 Å². The highest BCUT2D eigenvalue weighted by Crippen LogP contribution is 2.25.